The molecular weight excluding hydrogens is 278 g/mol. The van der Waals surface area contributed by atoms with Crippen LogP contribution in [-0.2, 0) is 12.3 Å². The van der Waals surface area contributed by atoms with E-state index in [0.717, 1.165) is 30.8 Å². The first kappa shape index (κ1) is 14.2. The Balaban J connectivity index is 1.48. The minimum absolute atomic E-state index is 0.846. The van der Waals surface area contributed by atoms with E-state index in [2.05, 4.69) is 71.0 Å². The van der Waals surface area contributed by atoms with Gasteiger partial charge in [-0.2, -0.15) is 0 Å². The molecule has 2 aromatic rings. The highest BCUT2D eigenvalue weighted by atomic mass is 32.2. The van der Waals surface area contributed by atoms with Crippen LogP contribution in [0.2, 0.25) is 0 Å². The van der Waals surface area contributed by atoms with Crippen molar-refractivity contribution >= 4 is 16.9 Å². The van der Waals surface area contributed by atoms with Gasteiger partial charge in [-0.15, -0.1) is 0 Å². The second kappa shape index (κ2) is 7.29. The van der Waals surface area contributed by atoms with E-state index in [1.165, 1.54) is 16.0 Å². The lowest BCUT2D eigenvalue weighted by molar-refractivity contribution is -0.916. The Morgan fingerprint density at radius 2 is 1.62 bits per heavy atom. The quantitative estimate of drug-likeness (QED) is 0.902. The van der Waals surface area contributed by atoms with Gasteiger partial charge in [0.1, 0.15) is 6.54 Å². The fourth-order valence-electron chi connectivity index (χ4n) is 2.32. The van der Waals surface area contributed by atoms with Gasteiger partial charge < -0.3 is 5.32 Å². The van der Waals surface area contributed by atoms with E-state index in [-0.39, 0.29) is 0 Å². The molecule has 0 saturated heterocycles. The van der Waals surface area contributed by atoms with Gasteiger partial charge in [0.05, 0.1) is 0 Å². The lowest BCUT2D eigenvalue weighted by atomic mass is 10.2. The summed E-state index contributed by atoms with van der Waals surface area (Å²) in [7, 11) is 0. The van der Waals surface area contributed by atoms with E-state index < -0.39 is 0 Å². The van der Waals surface area contributed by atoms with Crippen molar-refractivity contribution < 1.29 is 4.90 Å². The number of hydrogen-bond donors (Lipinski definition) is 2. The normalized spacial score (nSPS) is 17.9. The summed E-state index contributed by atoms with van der Waals surface area (Å²) >= 11 is 1.78. The van der Waals surface area contributed by atoms with Crippen LogP contribution in [0.1, 0.15) is 11.1 Å². The molecule has 0 saturated carbocycles. The average Bonchev–Trinajstić information content (AvgIpc) is 2.56. The monoisotopic (exact) mass is 298 g/mol. The van der Waals surface area contributed by atoms with Gasteiger partial charge >= 0.3 is 0 Å². The molecule has 1 heterocycles. The van der Waals surface area contributed by atoms with Gasteiger partial charge in [0.2, 0.25) is 0 Å². The zero-order chi connectivity index (χ0) is 14.3. The van der Waals surface area contributed by atoms with Crippen LogP contribution in [0.3, 0.4) is 0 Å². The molecule has 4 heteroatoms. The summed E-state index contributed by atoms with van der Waals surface area (Å²) in [4.78, 5) is 6.10. The molecule has 0 aliphatic carbocycles. The number of thioether (sulfide) groups is 1. The highest BCUT2D eigenvalue weighted by Gasteiger charge is 2.15. The van der Waals surface area contributed by atoms with Gasteiger partial charge in [-0.1, -0.05) is 72.4 Å². The van der Waals surface area contributed by atoms with Crippen molar-refractivity contribution in [3.05, 3.63) is 71.8 Å². The van der Waals surface area contributed by atoms with Gasteiger partial charge in [-0.25, -0.2) is 4.99 Å². The first-order valence-electron chi connectivity index (χ1n) is 7.23. The summed E-state index contributed by atoms with van der Waals surface area (Å²) in [6.45, 7) is 2.81. The first-order chi connectivity index (χ1) is 10.4. The molecule has 3 nitrogen and oxygen atoms in total. The molecule has 0 fully saturated rings. The third-order valence-electron chi connectivity index (χ3n) is 3.45. The largest absolute Gasteiger partial charge is 0.318 e. The first-order valence-corrected chi connectivity index (χ1v) is 8.21. The lowest BCUT2D eigenvalue weighted by Crippen LogP contribution is -3.13. The molecule has 0 radical (unpaired) electrons. The fourth-order valence-corrected chi connectivity index (χ4v) is 3.15. The summed E-state index contributed by atoms with van der Waals surface area (Å²) in [5, 5.41) is 4.50. The molecule has 21 heavy (non-hydrogen) atoms. The van der Waals surface area contributed by atoms with Crippen molar-refractivity contribution in [3.8, 4) is 0 Å². The van der Waals surface area contributed by atoms with E-state index in [1.54, 1.807) is 11.8 Å². The molecular formula is C17H20N3S+. The van der Waals surface area contributed by atoms with Crippen LogP contribution in [0.15, 0.2) is 65.7 Å². The smallest absolute Gasteiger partial charge is 0.175 e. The maximum absolute atomic E-state index is 4.65. The number of hydrogen-bond acceptors (Lipinski definition) is 3. The maximum atomic E-state index is 4.65. The number of nitrogens with zero attached hydrogens (tertiary/aromatic N) is 1. The fraction of sp³-hybridized carbons (Fsp3) is 0.235. The zero-order valence-corrected chi connectivity index (χ0v) is 12.8. The molecule has 0 amide bonds. The van der Waals surface area contributed by atoms with Gasteiger partial charge in [0, 0.05) is 11.3 Å². The Morgan fingerprint density at radius 1 is 0.952 bits per heavy atom. The highest BCUT2D eigenvalue weighted by molar-refractivity contribution is 8.13. The Hall–Kier alpha value is -1.78. The maximum Gasteiger partial charge on any atom is 0.175 e. The van der Waals surface area contributed by atoms with E-state index >= 15 is 0 Å². The van der Waals surface area contributed by atoms with Crippen molar-refractivity contribution in [2.24, 2.45) is 4.99 Å². The molecule has 108 valence electrons. The van der Waals surface area contributed by atoms with Crippen molar-refractivity contribution in [2.75, 3.05) is 13.3 Å². The molecule has 2 N–H and O–H groups in total. The van der Waals surface area contributed by atoms with Crippen molar-refractivity contribution in [3.63, 3.8) is 0 Å². The van der Waals surface area contributed by atoms with Gasteiger partial charge in [-0.3, -0.25) is 4.90 Å². The summed E-state index contributed by atoms with van der Waals surface area (Å²) < 4.78 is 0. The van der Waals surface area contributed by atoms with E-state index in [0.29, 0.717) is 0 Å². The minimum Gasteiger partial charge on any atom is -0.318 e. The summed E-state index contributed by atoms with van der Waals surface area (Å²) in [5.74, 6) is 0.973. The number of amidine groups is 1. The Morgan fingerprint density at radius 3 is 2.24 bits per heavy atom. The third-order valence-corrected chi connectivity index (χ3v) is 4.48. The van der Waals surface area contributed by atoms with Crippen LogP contribution in [0.5, 0.6) is 0 Å². The minimum atomic E-state index is 0.846. The lowest BCUT2D eigenvalue weighted by Gasteiger charge is -2.23. The molecule has 1 aliphatic heterocycles. The van der Waals surface area contributed by atoms with Gasteiger partial charge in [0.25, 0.3) is 0 Å². The standard InChI is InChI=1S/C17H19N3S/c1-3-7-15(8-4-1)11-20-13-18-17(19-14-20)21-12-16-9-5-2-6-10-16/h1-10H,11-14H2,(H,18,19)/p+1. The van der Waals surface area contributed by atoms with E-state index in [4.69, 9.17) is 0 Å². The van der Waals surface area contributed by atoms with Crippen molar-refractivity contribution in [1.82, 2.24) is 5.32 Å². The Bertz CT molecular complexity index is 583. The predicted molar refractivity (Wildman–Crippen MR) is 89.2 cm³/mol. The number of nitrogens with one attached hydrogen (secondary N) is 2. The predicted octanol–water partition coefficient (Wildman–Crippen LogP) is 1.88. The number of aliphatic imine (C=N–C) groups is 1. The summed E-state index contributed by atoms with van der Waals surface area (Å²) in [5.41, 5.74) is 2.70. The van der Waals surface area contributed by atoms with Crippen LogP contribution in [-0.4, -0.2) is 18.5 Å². The van der Waals surface area contributed by atoms with Crippen LogP contribution < -0.4 is 10.2 Å². The second-order valence-electron chi connectivity index (χ2n) is 5.16. The van der Waals surface area contributed by atoms with Crippen molar-refractivity contribution in [2.45, 2.75) is 12.3 Å². The molecule has 0 aromatic heterocycles. The summed E-state index contributed by atoms with van der Waals surface area (Å²) in [6, 6.07) is 21.1. The topological polar surface area (TPSA) is 28.8 Å². The zero-order valence-electron chi connectivity index (χ0n) is 12.0. The average molecular weight is 298 g/mol. The van der Waals surface area contributed by atoms with E-state index in [9.17, 15) is 0 Å². The van der Waals surface area contributed by atoms with E-state index in [1.807, 2.05) is 0 Å². The van der Waals surface area contributed by atoms with Gasteiger partial charge in [-0.05, 0) is 5.56 Å². The van der Waals surface area contributed by atoms with Crippen LogP contribution >= 0.6 is 11.8 Å². The highest BCUT2D eigenvalue weighted by Crippen LogP contribution is 2.12. The SMILES string of the molecule is c1ccc(CSC2=NC[NH+](Cc3ccccc3)CN2)cc1. The molecule has 0 spiro atoms. The van der Waals surface area contributed by atoms with Crippen LogP contribution in [0.4, 0.5) is 0 Å². The second-order valence-corrected chi connectivity index (χ2v) is 6.13. The molecule has 0 bridgehead atoms. The molecule has 3 rings (SSSR count). The van der Waals surface area contributed by atoms with Gasteiger partial charge in [0.15, 0.2) is 18.5 Å². The molecule has 1 unspecified atom stereocenters. The van der Waals surface area contributed by atoms with Crippen LogP contribution in [0, 0.1) is 0 Å². The van der Waals surface area contributed by atoms with Crippen LogP contribution in [0.25, 0.3) is 0 Å². The Kier molecular flexibility index (Phi) is 4.92. The number of quaternary nitrogens is 1. The molecule has 1 atom stereocenters. The molecule has 2 aromatic carbocycles. The third kappa shape index (κ3) is 4.34. The number of rotatable bonds is 4. The molecule has 1 aliphatic rings. The Labute approximate surface area is 130 Å². The number of benzene rings is 2. The summed E-state index contributed by atoms with van der Waals surface area (Å²) in [6.07, 6.45) is 0. The van der Waals surface area contributed by atoms with Crippen molar-refractivity contribution in [1.29, 1.82) is 0 Å².